The molecule has 0 radical (unpaired) electrons. The summed E-state index contributed by atoms with van der Waals surface area (Å²) in [5.41, 5.74) is 5.46. The van der Waals surface area contributed by atoms with Gasteiger partial charge in [0.05, 0.1) is 6.20 Å². The number of rotatable bonds is 4. The van der Waals surface area contributed by atoms with Gasteiger partial charge in [-0.25, -0.2) is 4.98 Å². The number of hydrogen-bond acceptors (Lipinski definition) is 4. The van der Waals surface area contributed by atoms with E-state index in [1.807, 2.05) is 19.3 Å². The van der Waals surface area contributed by atoms with Crippen LogP contribution in [0.15, 0.2) is 18.6 Å². The number of nitrogens with zero attached hydrogens (tertiary/aromatic N) is 5. The SMILES string of the molecule is Cc1nccn1CCCn1cc(N)nn1. The summed E-state index contributed by atoms with van der Waals surface area (Å²) >= 11 is 0. The predicted molar refractivity (Wildman–Crippen MR) is 56.0 cm³/mol. The van der Waals surface area contributed by atoms with Crippen LogP contribution in [0.5, 0.6) is 0 Å². The van der Waals surface area contributed by atoms with Gasteiger partial charge in [-0.2, -0.15) is 0 Å². The summed E-state index contributed by atoms with van der Waals surface area (Å²) in [7, 11) is 0. The molecule has 2 rings (SSSR count). The average molecular weight is 206 g/mol. The molecule has 0 amide bonds. The molecule has 0 bridgehead atoms. The predicted octanol–water partition coefficient (Wildman–Crippen LogP) is 0.456. The lowest BCUT2D eigenvalue weighted by molar-refractivity contribution is 0.510. The Hall–Kier alpha value is -1.85. The molecule has 80 valence electrons. The van der Waals surface area contributed by atoms with Crippen molar-refractivity contribution in [3.63, 3.8) is 0 Å². The summed E-state index contributed by atoms with van der Waals surface area (Å²) < 4.78 is 3.86. The van der Waals surface area contributed by atoms with Gasteiger partial charge < -0.3 is 10.3 Å². The number of hydrogen-bond donors (Lipinski definition) is 1. The summed E-state index contributed by atoms with van der Waals surface area (Å²) in [5, 5.41) is 7.60. The topological polar surface area (TPSA) is 74.5 Å². The van der Waals surface area contributed by atoms with E-state index in [-0.39, 0.29) is 0 Å². The molecule has 0 aliphatic carbocycles. The van der Waals surface area contributed by atoms with Gasteiger partial charge in [0.15, 0.2) is 5.82 Å². The van der Waals surface area contributed by atoms with E-state index in [9.17, 15) is 0 Å². The maximum Gasteiger partial charge on any atom is 0.165 e. The fourth-order valence-electron chi connectivity index (χ4n) is 1.47. The van der Waals surface area contributed by atoms with Crippen LogP contribution in [-0.4, -0.2) is 24.5 Å². The zero-order valence-corrected chi connectivity index (χ0v) is 8.67. The molecule has 2 N–H and O–H groups in total. The van der Waals surface area contributed by atoms with Gasteiger partial charge in [-0.05, 0) is 13.3 Å². The molecule has 0 aliphatic rings. The van der Waals surface area contributed by atoms with E-state index < -0.39 is 0 Å². The number of anilines is 1. The first-order chi connectivity index (χ1) is 7.25. The molecule has 2 aromatic heterocycles. The third-order valence-corrected chi connectivity index (χ3v) is 2.27. The molecule has 0 spiro atoms. The first kappa shape index (κ1) is 9.70. The van der Waals surface area contributed by atoms with Crippen molar-refractivity contribution in [1.29, 1.82) is 0 Å². The first-order valence-corrected chi connectivity index (χ1v) is 4.89. The highest BCUT2D eigenvalue weighted by molar-refractivity contribution is 5.19. The minimum Gasteiger partial charge on any atom is -0.381 e. The molecule has 0 aliphatic heterocycles. The van der Waals surface area contributed by atoms with Crippen LogP contribution in [0.25, 0.3) is 0 Å². The van der Waals surface area contributed by atoms with Crippen LogP contribution in [0.4, 0.5) is 5.82 Å². The fraction of sp³-hybridized carbons (Fsp3) is 0.444. The zero-order chi connectivity index (χ0) is 10.7. The number of nitrogens with two attached hydrogens (primary N) is 1. The Morgan fingerprint density at radius 3 is 2.87 bits per heavy atom. The van der Waals surface area contributed by atoms with Crippen molar-refractivity contribution in [3.05, 3.63) is 24.4 Å². The van der Waals surface area contributed by atoms with Crippen LogP contribution < -0.4 is 5.73 Å². The van der Waals surface area contributed by atoms with Crippen molar-refractivity contribution < 1.29 is 0 Å². The zero-order valence-electron chi connectivity index (χ0n) is 8.67. The van der Waals surface area contributed by atoms with Gasteiger partial charge >= 0.3 is 0 Å². The van der Waals surface area contributed by atoms with Crippen LogP contribution in [0, 0.1) is 6.92 Å². The lowest BCUT2D eigenvalue weighted by Crippen LogP contribution is -2.05. The lowest BCUT2D eigenvalue weighted by atomic mass is 10.4. The highest BCUT2D eigenvalue weighted by atomic mass is 15.4. The van der Waals surface area contributed by atoms with Gasteiger partial charge in [0.2, 0.25) is 0 Å². The van der Waals surface area contributed by atoms with E-state index >= 15 is 0 Å². The summed E-state index contributed by atoms with van der Waals surface area (Å²) in [5.74, 6) is 1.50. The van der Waals surface area contributed by atoms with E-state index in [0.29, 0.717) is 5.82 Å². The summed E-state index contributed by atoms with van der Waals surface area (Å²) in [6.07, 6.45) is 6.51. The number of aromatic nitrogens is 5. The van der Waals surface area contributed by atoms with Crippen molar-refractivity contribution in [2.45, 2.75) is 26.4 Å². The van der Waals surface area contributed by atoms with Gasteiger partial charge in [0, 0.05) is 25.5 Å². The van der Waals surface area contributed by atoms with Crippen LogP contribution in [0.2, 0.25) is 0 Å². The third-order valence-electron chi connectivity index (χ3n) is 2.27. The molecule has 0 aromatic carbocycles. The Morgan fingerprint density at radius 2 is 2.27 bits per heavy atom. The maximum absolute atomic E-state index is 5.46. The molecule has 6 heteroatoms. The minimum absolute atomic E-state index is 0.466. The molecule has 0 saturated heterocycles. The molecular formula is C9H14N6. The number of imidazole rings is 1. The van der Waals surface area contributed by atoms with Gasteiger partial charge in [-0.1, -0.05) is 5.21 Å². The number of nitrogen functional groups attached to an aromatic ring is 1. The lowest BCUT2D eigenvalue weighted by Gasteiger charge is -2.04. The molecular weight excluding hydrogens is 192 g/mol. The van der Waals surface area contributed by atoms with E-state index in [2.05, 4.69) is 19.9 Å². The Bertz CT molecular complexity index is 429. The second kappa shape index (κ2) is 4.12. The summed E-state index contributed by atoms with van der Waals surface area (Å²) in [4.78, 5) is 4.15. The molecule has 6 nitrogen and oxygen atoms in total. The average Bonchev–Trinajstić information content (AvgIpc) is 2.77. The van der Waals surface area contributed by atoms with E-state index in [0.717, 1.165) is 25.3 Å². The third kappa shape index (κ3) is 2.34. The standard InChI is InChI=1S/C9H14N6/c1-8-11-3-6-14(8)4-2-5-15-7-9(10)12-13-15/h3,6-7H,2,4-5,10H2,1H3. The van der Waals surface area contributed by atoms with Crippen LogP contribution in [-0.2, 0) is 13.1 Å². The van der Waals surface area contributed by atoms with E-state index in [4.69, 9.17) is 5.73 Å². The van der Waals surface area contributed by atoms with E-state index in [1.54, 1.807) is 10.9 Å². The second-order valence-electron chi connectivity index (χ2n) is 3.43. The molecule has 2 aromatic rings. The van der Waals surface area contributed by atoms with Crippen molar-refractivity contribution in [2.75, 3.05) is 5.73 Å². The second-order valence-corrected chi connectivity index (χ2v) is 3.43. The van der Waals surface area contributed by atoms with Crippen molar-refractivity contribution in [1.82, 2.24) is 24.5 Å². The monoisotopic (exact) mass is 206 g/mol. The Kier molecular flexibility index (Phi) is 2.66. The minimum atomic E-state index is 0.466. The van der Waals surface area contributed by atoms with Crippen LogP contribution in [0.3, 0.4) is 0 Å². The van der Waals surface area contributed by atoms with Gasteiger partial charge in [0.1, 0.15) is 5.82 Å². The van der Waals surface area contributed by atoms with Crippen LogP contribution in [0.1, 0.15) is 12.2 Å². The molecule has 0 atom stereocenters. The number of aryl methyl sites for hydroxylation is 3. The normalized spacial score (nSPS) is 10.7. The largest absolute Gasteiger partial charge is 0.381 e. The van der Waals surface area contributed by atoms with Crippen molar-refractivity contribution in [3.8, 4) is 0 Å². The molecule has 15 heavy (non-hydrogen) atoms. The first-order valence-electron chi connectivity index (χ1n) is 4.89. The Balaban J connectivity index is 1.83. The molecule has 2 heterocycles. The van der Waals surface area contributed by atoms with Gasteiger partial charge in [-0.15, -0.1) is 5.10 Å². The Morgan fingerprint density at radius 1 is 1.40 bits per heavy atom. The highest BCUT2D eigenvalue weighted by Gasteiger charge is 1.98. The summed E-state index contributed by atoms with van der Waals surface area (Å²) in [6, 6.07) is 0. The molecule has 0 saturated carbocycles. The quantitative estimate of drug-likeness (QED) is 0.788. The van der Waals surface area contributed by atoms with Crippen molar-refractivity contribution >= 4 is 5.82 Å². The van der Waals surface area contributed by atoms with E-state index in [1.165, 1.54) is 0 Å². The van der Waals surface area contributed by atoms with Gasteiger partial charge in [-0.3, -0.25) is 4.68 Å². The summed E-state index contributed by atoms with van der Waals surface area (Å²) in [6.45, 7) is 3.75. The van der Waals surface area contributed by atoms with Crippen molar-refractivity contribution in [2.24, 2.45) is 0 Å². The molecule has 0 unspecified atom stereocenters. The fourth-order valence-corrected chi connectivity index (χ4v) is 1.47. The molecule has 0 fully saturated rings. The highest BCUT2D eigenvalue weighted by Crippen LogP contribution is 2.00. The smallest absolute Gasteiger partial charge is 0.165 e. The van der Waals surface area contributed by atoms with Crippen LogP contribution >= 0.6 is 0 Å². The Labute approximate surface area is 87.7 Å². The maximum atomic E-state index is 5.46. The van der Waals surface area contributed by atoms with Gasteiger partial charge in [0.25, 0.3) is 0 Å².